The number of hydrogen-bond donors (Lipinski definition) is 0. The summed E-state index contributed by atoms with van der Waals surface area (Å²) in [5.41, 5.74) is 3.12. The zero-order valence-electron chi connectivity index (χ0n) is 14.7. The van der Waals surface area contributed by atoms with Crippen LogP contribution >= 0.6 is 0 Å². The van der Waals surface area contributed by atoms with Crippen LogP contribution < -0.4 is 0 Å². The molecule has 2 aromatic rings. The van der Waals surface area contributed by atoms with Crippen LogP contribution in [0, 0.1) is 6.92 Å². The molecule has 1 amide bonds. The zero-order valence-corrected chi connectivity index (χ0v) is 14.7. The van der Waals surface area contributed by atoms with Gasteiger partial charge in [-0.2, -0.15) is 0 Å². The fraction of sp³-hybridized carbons (Fsp3) is 0.526. The first-order valence-corrected chi connectivity index (χ1v) is 8.58. The quantitative estimate of drug-likeness (QED) is 0.871. The van der Waals surface area contributed by atoms with E-state index in [0.717, 1.165) is 49.2 Å². The molecule has 124 valence electrons. The number of hydrogen-bond acceptors (Lipinski definition) is 2. The fourth-order valence-electron chi connectivity index (χ4n) is 3.80. The van der Waals surface area contributed by atoms with Crippen LogP contribution in [0.15, 0.2) is 24.3 Å². The number of para-hydroxylation sites is 1. The Morgan fingerprint density at radius 1 is 1.26 bits per heavy atom. The van der Waals surface area contributed by atoms with E-state index in [0.29, 0.717) is 6.04 Å². The Kier molecular flexibility index (Phi) is 4.44. The smallest absolute Gasteiger partial charge is 0.270 e. The van der Waals surface area contributed by atoms with E-state index in [1.165, 1.54) is 5.39 Å². The molecule has 1 fully saturated rings. The summed E-state index contributed by atoms with van der Waals surface area (Å²) in [6.07, 6.45) is 2.12. The Bertz CT molecular complexity index is 711. The van der Waals surface area contributed by atoms with E-state index in [-0.39, 0.29) is 5.91 Å². The summed E-state index contributed by atoms with van der Waals surface area (Å²) in [4.78, 5) is 17.5. The lowest BCUT2D eigenvalue weighted by Crippen LogP contribution is -2.45. The molecule has 23 heavy (non-hydrogen) atoms. The number of amides is 1. The number of fused-ring (bicyclic) bond motifs is 1. The lowest BCUT2D eigenvalue weighted by atomic mass is 10.0. The highest BCUT2D eigenvalue weighted by Crippen LogP contribution is 2.27. The van der Waals surface area contributed by atoms with Crippen LogP contribution in [0.5, 0.6) is 0 Å². The number of carbonyl (C=O) groups excluding carboxylic acids is 1. The molecule has 1 aliphatic heterocycles. The van der Waals surface area contributed by atoms with Gasteiger partial charge in [-0.15, -0.1) is 0 Å². The van der Waals surface area contributed by atoms with Crippen molar-refractivity contribution in [2.45, 2.75) is 39.3 Å². The first kappa shape index (κ1) is 16.1. The molecule has 0 unspecified atom stereocenters. The maximum Gasteiger partial charge on any atom is 0.270 e. The molecule has 1 aromatic carbocycles. The highest BCUT2D eigenvalue weighted by atomic mass is 16.2. The molecule has 2 heterocycles. The predicted molar refractivity (Wildman–Crippen MR) is 95.0 cm³/mol. The van der Waals surface area contributed by atoms with Crippen molar-refractivity contribution in [3.8, 4) is 0 Å². The molecule has 0 bridgehead atoms. The zero-order chi connectivity index (χ0) is 16.6. The van der Waals surface area contributed by atoms with Crippen molar-refractivity contribution < 1.29 is 4.79 Å². The maximum absolute atomic E-state index is 13.2. The number of piperidine rings is 1. The van der Waals surface area contributed by atoms with E-state index < -0.39 is 0 Å². The van der Waals surface area contributed by atoms with Crippen LogP contribution in [0.1, 0.15) is 35.8 Å². The summed E-state index contributed by atoms with van der Waals surface area (Å²) < 4.78 is 2.17. The van der Waals surface area contributed by atoms with Crippen molar-refractivity contribution in [2.75, 3.05) is 27.2 Å². The van der Waals surface area contributed by atoms with Gasteiger partial charge < -0.3 is 14.4 Å². The Morgan fingerprint density at radius 2 is 1.91 bits per heavy atom. The van der Waals surface area contributed by atoms with Crippen molar-refractivity contribution in [1.29, 1.82) is 0 Å². The Labute approximate surface area is 138 Å². The predicted octanol–water partition coefficient (Wildman–Crippen LogP) is 3.14. The largest absolute Gasteiger partial charge is 0.337 e. The van der Waals surface area contributed by atoms with Gasteiger partial charge in [0.1, 0.15) is 5.69 Å². The summed E-state index contributed by atoms with van der Waals surface area (Å²) >= 11 is 0. The van der Waals surface area contributed by atoms with Crippen molar-refractivity contribution in [1.82, 2.24) is 14.4 Å². The first-order chi connectivity index (χ1) is 11.0. The molecule has 3 rings (SSSR count). The van der Waals surface area contributed by atoms with Crippen LogP contribution in [0.4, 0.5) is 0 Å². The lowest BCUT2D eigenvalue weighted by Gasteiger charge is -2.35. The number of likely N-dealkylation sites (tertiary alicyclic amines) is 1. The average Bonchev–Trinajstić information content (AvgIpc) is 2.86. The van der Waals surface area contributed by atoms with E-state index in [1.807, 2.05) is 24.1 Å². The minimum atomic E-state index is 0.162. The van der Waals surface area contributed by atoms with Crippen LogP contribution in [0.2, 0.25) is 0 Å². The molecule has 1 aromatic heterocycles. The highest BCUT2D eigenvalue weighted by Gasteiger charge is 2.28. The van der Waals surface area contributed by atoms with Crippen LogP contribution in [0.3, 0.4) is 0 Å². The summed E-state index contributed by atoms with van der Waals surface area (Å²) in [6.45, 7) is 7.13. The van der Waals surface area contributed by atoms with Crippen LogP contribution in [0.25, 0.3) is 10.9 Å². The molecule has 0 spiro atoms. The molecule has 0 N–H and O–H groups in total. The normalized spacial score (nSPS) is 16.9. The van der Waals surface area contributed by atoms with Crippen molar-refractivity contribution >= 4 is 16.8 Å². The highest BCUT2D eigenvalue weighted by molar-refractivity contribution is 6.01. The average molecular weight is 313 g/mol. The Balaban J connectivity index is 1.96. The summed E-state index contributed by atoms with van der Waals surface area (Å²) in [5.74, 6) is 0.162. The standard InChI is InChI=1S/C19H27N3O/c1-5-22-17-9-7-6-8-16(17)14(2)18(22)19(23)21(4)15-10-12-20(3)13-11-15/h6-9,15H,5,10-13H2,1-4H3. The molecule has 4 heteroatoms. The minimum Gasteiger partial charge on any atom is -0.337 e. The first-order valence-electron chi connectivity index (χ1n) is 8.58. The third kappa shape index (κ3) is 2.76. The monoisotopic (exact) mass is 313 g/mol. The van der Waals surface area contributed by atoms with Crippen molar-refractivity contribution in [2.24, 2.45) is 0 Å². The van der Waals surface area contributed by atoms with E-state index in [4.69, 9.17) is 0 Å². The van der Waals surface area contributed by atoms with Gasteiger partial charge in [-0.25, -0.2) is 0 Å². The molecule has 0 saturated carbocycles. The number of carbonyl (C=O) groups is 1. The SMILES string of the molecule is CCn1c(C(=O)N(C)C2CCN(C)CC2)c(C)c2ccccc21. The molecule has 1 saturated heterocycles. The third-order valence-corrected chi connectivity index (χ3v) is 5.30. The molecule has 4 nitrogen and oxygen atoms in total. The second-order valence-corrected chi connectivity index (χ2v) is 6.69. The van der Waals surface area contributed by atoms with E-state index in [1.54, 1.807) is 0 Å². The second-order valence-electron chi connectivity index (χ2n) is 6.69. The molecular weight excluding hydrogens is 286 g/mol. The van der Waals surface area contributed by atoms with Gasteiger partial charge in [0.15, 0.2) is 0 Å². The number of aryl methyl sites for hydroxylation is 2. The second kappa shape index (κ2) is 6.36. The van der Waals surface area contributed by atoms with Gasteiger partial charge in [-0.1, -0.05) is 18.2 Å². The van der Waals surface area contributed by atoms with E-state index in [9.17, 15) is 4.79 Å². The fourth-order valence-corrected chi connectivity index (χ4v) is 3.80. The molecule has 1 aliphatic rings. The number of nitrogens with zero attached hydrogens (tertiary/aromatic N) is 3. The lowest BCUT2D eigenvalue weighted by molar-refractivity contribution is 0.0649. The summed E-state index contributed by atoms with van der Waals surface area (Å²) in [5, 5.41) is 1.19. The van der Waals surface area contributed by atoms with Crippen molar-refractivity contribution in [3.05, 3.63) is 35.5 Å². The van der Waals surface area contributed by atoms with E-state index in [2.05, 4.69) is 42.5 Å². The van der Waals surface area contributed by atoms with Gasteiger partial charge in [-0.05, 0) is 58.5 Å². The molecule has 0 radical (unpaired) electrons. The Hall–Kier alpha value is -1.81. The van der Waals surface area contributed by atoms with Gasteiger partial charge in [0.05, 0.1) is 0 Å². The number of rotatable bonds is 3. The van der Waals surface area contributed by atoms with Gasteiger partial charge in [-0.3, -0.25) is 4.79 Å². The van der Waals surface area contributed by atoms with E-state index >= 15 is 0 Å². The van der Waals surface area contributed by atoms with Gasteiger partial charge in [0.2, 0.25) is 0 Å². The van der Waals surface area contributed by atoms with Gasteiger partial charge in [0, 0.05) is 30.5 Å². The molecular formula is C19H27N3O. The van der Waals surface area contributed by atoms with Crippen molar-refractivity contribution in [3.63, 3.8) is 0 Å². The molecule has 0 atom stereocenters. The molecule has 0 aliphatic carbocycles. The minimum absolute atomic E-state index is 0.162. The van der Waals surface area contributed by atoms with Gasteiger partial charge in [0.25, 0.3) is 5.91 Å². The van der Waals surface area contributed by atoms with Crippen LogP contribution in [-0.2, 0) is 6.54 Å². The topological polar surface area (TPSA) is 28.5 Å². The Morgan fingerprint density at radius 3 is 2.57 bits per heavy atom. The third-order valence-electron chi connectivity index (χ3n) is 5.30. The van der Waals surface area contributed by atoms with Gasteiger partial charge >= 0.3 is 0 Å². The number of benzene rings is 1. The maximum atomic E-state index is 13.2. The summed E-state index contributed by atoms with van der Waals surface area (Å²) in [7, 11) is 4.12. The number of aromatic nitrogens is 1. The van der Waals surface area contributed by atoms with Crippen LogP contribution in [-0.4, -0.2) is 53.5 Å². The summed E-state index contributed by atoms with van der Waals surface area (Å²) in [6, 6.07) is 8.66.